The van der Waals surface area contributed by atoms with Crippen molar-refractivity contribution in [1.29, 1.82) is 0 Å². The zero-order valence-corrected chi connectivity index (χ0v) is 14.1. The van der Waals surface area contributed by atoms with Gasteiger partial charge in [-0.2, -0.15) is 0 Å². The van der Waals surface area contributed by atoms with Crippen LogP contribution in [-0.2, 0) is 9.84 Å². The lowest BCUT2D eigenvalue weighted by molar-refractivity contribution is 0.0939. The summed E-state index contributed by atoms with van der Waals surface area (Å²) in [7, 11) is -3.50. The van der Waals surface area contributed by atoms with Gasteiger partial charge in [0, 0.05) is 12.3 Å². The molecule has 2 fully saturated rings. The molecule has 1 amide bonds. The Morgan fingerprint density at radius 2 is 1.95 bits per heavy atom. The largest absolute Gasteiger partial charge is 0.349 e. The van der Waals surface area contributed by atoms with Crippen molar-refractivity contribution in [3.05, 3.63) is 28.8 Å². The summed E-state index contributed by atoms with van der Waals surface area (Å²) in [6, 6.07) is 4.69. The second-order valence-electron chi connectivity index (χ2n) is 6.54. The van der Waals surface area contributed by atoms with E-state index in [0.29, 0.717) is 0 Å². The quantitative estimate of drug-likeness (QED) is 0.918. The monoisotopic (exact) mass is 341 g/mol. The van der Waals surface area contributed by atoms with Crippen LogP contribution in [0.25, 0.3) is 0 Å². The first-order valence-electron chi connectivity index (χ1n) is 7.63. The Bertz CT molecular complexity index is 708. The molecule has 120 valence electrons. The van der Waals surface area contributed by atoms with Crippen LogP contribution < -0.4 is 5.32 Å². The van der Waals surface area contributed by atoms with Gasteiger partial charge in [0.2, 0.25) is 0 Å². The molecular formula is C16H20ClNO3S. The molecule has 1 aromatic rings. The summed E-state index contributed by atoms with van der Waals surface area (Å²) in [5, 5.41) is 3.18. The van der Waals surface area contributed by atoms with Crippen LogP contribution in [0.2, 0.25) is 5.02 Å². The normalized spacial score (nSPS) is 23.3. The third-order valence-corrected chi connectivity index (χ3v) is 6.40. The van der Waals surface area contributed by atoms with Crippen LogP contribution in [0.5, 0.6) is 0 Å². The Morgan fingerprint density at radius 1 is 1.27 bits per heavy atom. The molecule has 1 atom stereocenters. The number of hydrogen-bond donors (Lipinski definition) is 1. The number of sulfone groups is 1. The SMILES string of the molecule is CS(=O)(=O)c1cccc(Cl)c1C(=O)NC1CC12CCCCC2. The number of hydrogen-bond acceptors (Lipinski definition) is 3. The number of halogens is 1. The number of nitrogens with one attached hydrogen (secondary N) is 1. The summed E-state index contributed by atoms with van der Waals surface area (Å²) in [5.74, 6) is -0.376. The Balaban J connectivity index is 1.82. The zero-order valence-electron chi connectivity index (χ0n) is 12.6. The summed E-state index contributed by atoms with van der Waals surface area (Å²) < 4.78 is 23.7. The van der Waals surface area contributed by atoms with E-state index in [0.717, 1.165) is 25.5 Å². The van der Waals surface area contributed by atoms with Gasteiger partial charge in [0.05, 0.1) is 15.5 Å². The second kappa shape index (κ2) is 5.53. The molecule has 2 aliphatic rings. The first-order valence-corrected chi connectivity index (χ1v) is 9.90. The fraction of sp³-hybridized carbons (Fsp3) is 0.562. The highest BCUT2D eigenvalue weighted by molar-refractivity contribution is 7.90. The van der Waals surface area contributed by atoms with E-state index in [9.17, 15) is 13.2 Å². The van der Waals surface area contributed by atoms with Crippen LogP contribution in [0.4, 0.5) is 0 Å². The van der Waals surface area contributed by atoms with E-state index in [1.807, 2.05) is 0 Å². The summed E-state index contributed by atoms with van der Waals surface area (Å²) in [6.45, 7) is 0. The average molecular weight is 342 g/mol. The lowest BCUT2D eigenvalue weighted by Gasteiger charge is -2.22. The number of carbonyl (C=O) groups is 1. The Morgan fingerprint density at radius 3 is 2.59 bits per heavy atom. The Kier molecular flexibility index (Phi) is 3.98. The number of carbonyl (C=O) groups excluding carboxylic acids is 1. The maximum atomic E-state index is 12.5. The van der Waals surface area contributed by atoms with E-state index >= 15 is 0 Å². The lowest BCUT2D eigenvalue weighted by Crippen LogP contribution is -2.31. The van der Waals surface area contributed by atoms with E-state index in [1.54, 1.807) is 12.1 Å². The van der Waals surface area contributed by atoms with Gasteiger partial charge in [-0.1, -0.05) is 36.9 Å². The van der Waals surface area contributed by atoms with Crippen LogP contribution in [0.1, 0.15) is 48.9 Å². The smallest absolute Gasteiger partial charge is 0.254 e. The van der Waals surface area contributed by atoms with E-state index < -0.39 is 9.84 Å². The van der Waals surface area contributed by atoms with E-state index in [2.05, 4.69) is 5.32 Å². The molecule has 0 aromatic heterocycles. The third kappa shape index (κ3) is 2.88. The number of benzene rings is 1. The van der Waals surface area contributed by atoms with Crippen molar-refractivity contribution in [3.63, 3.8) is 0 Å². The van der Waals surface area contributed by atoms with Crippen LogP contribution in [-0.4, -0.2) is 26.6 Å². The molecule has 3 rings (SSSR count). The van der Waals surface area contributed by atoms with Gasteiger partial charge in [0.15, 0.2) is 9.84 Å². The molecule has 2 aliphatic carbocycles. The van der Waals surface area contributed by atoms with Gasteiger partial charge in [0.25, 0.3) is 5.91 Å². The molecule has 0 aliphatic heterocycles. The van der Waals surface area contributed by atoms with Gasteiger partial charge in [-0.05, 0) is 36.8 Å². The molecular weight excluding hydrogens is 322 g/mol. The van der Waals surface area contributed by atoms with E-state index in [1.165, 1.54) is 25.3 Å². The Labute approximate surface area is 136 Å². The fourth-order valence-corrected chi connectivity index (χ4v) is 4.84. The molecule has 6 heteroatoms. The predicted octanol–water partition coefficient (Wildman–Crippen LogP) is 3.20. The van der Waals surface area contributed by atoms with Gasteiger partial charge in [-0.25, -0.2) is 8.42 Å². The molecule has 0 saturated heterocycles. The summed E-state index contributed by atoms with van der Waals surface area (Å²) >= 11 is 6.09. The second-order valence-corrected chi connectivity index (χ2v) is 8.93. The van der Waals surface area contributed by atoms with Gasteiger partial charge in [-0.3, -0.25) is 4.79 Å². The first kappa shape index (κ1) is 15.8. The van der Waals surface area contributed by atoms with Gasteiger partial charge in [-0.15, -0.1) is 0 Å². The van der Waals surface area contributed by atoms with Crippen molar-refractivity contribution in [2.75, 3.05) is 6.26 Å². The van der Waals surface area contributed by atoms with Crippen molar-refractivity contribution < 1.29 is 13.2 Å². The maximum absolute atomic E-state index is 12.5. The topological polar surface area (TPSA) is 63.2 Å². The number of rotatable bonds is 3. The predicted molar refractivity (Wildman–Crippen MR) is 86.0 cm³/mol. The molecule has 1 aromatic carbocycles. The molecule has 0 bridgehead atoms. The van der Waals surface area contributed by atoms with Crippen molar-refractivity contribution in [1.82, 2.24) is 5.32 Å². The number of amides is 1. The van der Waals surface area contributed by atoms with Gasteiger partial charge >= 0.3 is 0 Å². The fourth-order valence-electron chi connectivity index (χ4n) is 3.62. The third-order valence-electron chi connectivity index (χ3n) is 4.95. The lowest BCUT2D eigenvalue weighted by atomic mass is 9.86. The van der Waals surface area contributed by atoms with Crippen LogP contribution in [0.15, 0.2) is 23.1 Å². The van der Waals surface area contributed by atoms with Crippen molar-refractivity contribution in [2.45, 2.75) is 49.5 Å². The average Bonchev–Trinajstić information content (AvgIpc) is 3.09. The van der Waals surface area contributed by atoms with Crippen LogP contribution >= 0.6 is 11.6 Å². The summed E-state index contributed by atoms with van der Waals surface area (Å²) in [5.41, 5.74) is 0.324. The minimum absolute atomic E-state index is 0.00385. The highest BCUT2D eigenvalue weighted by Crippen LogP contribution is 2.56. The molecule has 2 saturated carbocycles. The van der Waals surface area contributed by atoms with E-state index in [-0.39, 0.29) is 32.8 Å². The molecule has 0 heterocycles. The maximum Gasteiger partial charge on any atom is 0.254 e. The standard InChI is InChI=1S/C16H20ClNO3S/c1-22(20,21)12-7-5-6-11(17)14(12)15(19)18-13-10-16(13)8-3-2-4-9-16/h5-7,13H,2-4,8-10H2,1H3,(H,18,19). The molecule has 1 spiro atoms. The highest BCUT2D eigenvalue weighted by Gasteiger charge is 2.54. The van der Waals surface area contributed by atoms with Gasteiger partial charge < -0.3 is 5.32 Å². The zero-order chi connectivity index (χ0) is 16.0. The molecule has 0 radical (unpaired) electrons. The first-order chi connectivity index (χ1) is 10.3. The minimum atomic E-state index is -3.50. The minimum Gasteiger partial charge on any atom is -0.349 e. The van der Waals surface area contributed by atoms with Crippen molar-refractivity contribution in [3.8, 4) is 0 Å². The highest BCUT2D eigenvalue weighted by atomic mass is 35.5. The van der Waals surface area contributed by atoms with Crippen molar-refractivity contribution >= 4 is 27.3 Å². The Hall–Kier alpha value is -1.07. The van der Waals surface area contributed by atoms with Crippen LogP contribution in [0.3, 0.4) is 0 Å². The van der Waals surface area contributed by atoms with Crippen molar-refractivity contribution in [2.24, 2.45) is 5.41 Å². The van der Waals surface area contributed by atoms with Gasteiger partial charge in [0.1, 0.15) is 0 Å². The summed E-state index contributed by atoms with van der Waals surface area (Å²) in [6.07, 6.45) is 8.09. The summed E-state index contributed by atoms with van der Waals surface area (Å²) in [4.78, 5) is 12.5. The molecule has 1 N–H and O–H groups in total. The van der Waals surface area contributed by atoms with Crippen LogP contribution in [0, 0.1) is 5.41 Å². The molecule has 22 heavy (non-hydrogen) atoms. The molecule has 4 nitrogen and oxygen atoms in total. The molecule has 1 unspecified atom stereocenters. The van der Waals surface area contributed by atoms with E-state index in [4.69, 9.17) is 11.6 Å².